The van der Waals surface area contributed by atoms with Crippen LogP contribution in [-0.4, -0.2) is 36.7 Å². The maximum Gasteiger partial charge on any atom is 0.156 e. The molecule has 1 fully saturated rings. The molecule has 0 aliphatic carbocycles. The Labute approximate surface area is 114 Å². The van der Waals surface area contributed by atoms with Crippen LogP contribution in [0.4, 0.5) is 0 Å². The molecule has 1 aliphatic rings. The summed E-state index contributed by atoms with van der Waals surface area (Å²) in [4.78, 5) is 2.27. The van der Waals surface area contributed by atoms with Gasteiger partial charge < -0.3 is 10.5 Å². The van der Waals surface area contributed by atoms with E-state index in [1.54, 1.807) is 0 Å². The lowest BCUT2D eigenvalue weighted by Crippen LogP contribution is -2.48. The van der Waals surface area contributed by atoms with Crippen LogP contribution < -0.4 is 5.73 Å². The van der Waals surface area contributed by atoms with Crippen LogP contribution >= 0.6 is 0 Å². The van der Waals surface area contributed by atoms with Crippen LogP contribution in [0.2, 0.25) is 0 Å². The summed E-state index contributed by atoms with van der Waals surface area (Å²) in [5, 5.41) is 9.02. The number of nitrogens with zero attached hydrogens (tertiary/aromatic N) is 2. The average molecular weight is 259 g/mol. The second kappa shape index (κ2) is 6.16. The zero-order chi connectivity index (χ0) is 13.8. The number of morpholine rings is 1. The molecule has 1 saturated heterocycles. The van der Waals surface area contributed by atoms with Gasteiger partial charge in [-0.3, -0.25) is 4.90 Å². The highest BCUT2D eigenvalue weighted by atomic mass is 16.5. The van der Waals surface area contributed by atoms with Crippen molar-refractivity contribution in [3.8, 4) is 6.07 Å². The van der Waals surface area contributed by atoms with E-state index in [4.69, 9.17) is 15.7 Å². The number of aryl methyl sites for hydroxylation is 1. The highest BCUT2D eigenvalue weighted by molar-refractivity contribution is 5.30. The molecule has 3 unspecified atom stereocenters. The van der Waals surface area contributed by atoms with Gasteiger partial charge in [-0.05, 0) is 25.0 Å². The summed E-state index contributed by atoms with van der Waals surface area (Å²) in [6.07, 6.45) is -0.348. The molecule has 1 aromatic rings. The summed E-state index contributed by atoms with van der Waals surface area (Å²) >= 11 is 0. The maximum atomic E-state index is 9.02. The van der Waals surface area contributed by atoms with Crippen LogP contribution in [0.5, 0.6) is 0 Å². The van der Waals surface area contributed by atoms with Crippen molar-refractivity contribution in [2.24, 2.45) is 5.73 Å². The first-order valence-corrected chi connectivity index (χ1v) is 6.70. The second-order valence-electron chi connectivity index (χ2n) is 5.14. The molecular formula is C15H21N3O. The number of ether oxygens (including phenoxy) is 1. The minimum Gasteiger partial charge on any atom is -0.361 e. The predicted octanol–water partition coefficient (Wildman–Crippen LogP) is 1.61. The summed E-state index contributed by atoms with van der Waals surface area (Å²) in [6, 6.07) is 10.6. The van der Waals surface area contributed by atoms with Crippen molar-refractivity contribution >= 4 is 0 Å². The maximum absolute atomic E-state index is 9.02. The quantitative estimate of drug-likeness (QED) is 0.895. The number of hydrogen-bond donors (Lipinski definition) is 1. The van der Waals surface area contributed by atoms with Crippen molar-refractivity contribution in [3.63, 3.8) is 0 Å². The molecule has 4 nitrogen and oxygen atoms in total. The third-order valence-corrected chi connectivity index (χ3v) is 3.64. The van der Waals surface area contributed by atoms with Crippen molar-refractivity contribution in [3.05, 3.63) is 35.4 Å². The van der Waals surface area contributed by atoms with Gasteiger partial charge >= 0.3 is 0 Å². The predicted molar refractivity (Wildman–Crippen MR) is 74.5 cm³/mol. The third kappa shape index (κ3) is 3.13. The summed E-state index contributed by atoms with van der Waals surface area (Å²) < 4.78 is 5.41. The number of rotatable bonds is 3. The first kappa shape index (κ1) is 14.0. The topological polar surface area (TPSA) is 62.3 Å². The van der Waals surface area contributed by atoms with E-state index in [1.165, 1.54) is 11.1 Å². The summed E-state index contributed by atoms with van der Waals surface area (Å²) in [6.45, 7) is 6.16. The van der Waals surface area contributed by atoms with Crippen molar-refractivity contribution in [1.29, 1.82) is 5.26 Å². The van der Waals surface area contributed by atoms with Gasteiger partial charge in [0.25, 0.3) is 0 Å². The average Bonchev–Trinajstić information content (AvgIpc) is 2.41. The van der Waals surface area contributed by atoms with Crippen LogP contribution in [0.3, 0.4) is 0 Å². The van der Waals surface area contributed by atoms with E-state index in [0.717, 1.165) is 6.54 Å². The highest BCUT2D eigenvalue weighted by Crippen LogP contribution is 2.27. The van der Waals surface area contributed by atoms with Gasteiger partial charge in [0.1, 0.15) is 0 Å². The Morgan fingerprint density at radius 2 is 2.21 bits per heavy atom. The first-order chi connectivity index (χ1) is 9.13. The fourth-order valence-electron chi connectivity index (χ4n) is 2.73. The fourth-order valence-corrected chi connectivity index (χ4v) is 2.73. The van der Waals surface area contributed by atoms with Crippen molar-refractivity contribution in [2.45, 2.75) is 32.0 Å². The zero-order valence-corrected chi connectivity index (χ0v) is 11.5. The van der Waals surface area contributed by atoms with Gasteiger partial charge in [-0.25, -0.2) is 0 Å². The lowest BCUT2D eigenvalue weighted by molar-refractivity contribution is -0.0211. The first-order valence-electron chi connectivity index (χ1n) is 6.70. The van der Waals surface area contributed by atoms with Gasteiger partial charge in [0.2, 0.25) is 0 Å². The molecule has 0 saturated carbocycles. The summed E-state index contributed by atoms with van der Waals surface area (Å²) in [5.74, 6) is 0. The van der Waals surface area contributed by atoms with Crippen LogP contribution in [0.25, 0.3) is 0 Å². The molecule has 3 atom stereocenters. The van der Waals surface area contributed by atoms with Crippen LogP contribution in [0, 0.1) is 18.3 Å². The summed E-state index contributed by atoms with van der Waals surface area (Å²) in [7, 11) is 0. The molecule has 0 spiro atoms. The van der Waals surface area contributed by atoms with Gasteiger partial charge in [-0.15, -0.1) is 0 Å². The van der Waals surface area contributed by atoms with Crippen LogP contribution in [-0.2, 0) is 4.74 Å². The summed E-state index contributed by atoms with van der Waals surface area (Å²) in [5.41, 5.74) is 8.68. The Morgan fingerprint density at radius 3 is 2.84 bits per heavy atom. The number of benzene rings is 1. The van der Waals surface area contributed by atoms with Crippen LogP contribution in [0.15, 0.2) is 24.3 Å². The molecule has 102 valence electrons. The largest absolute Gasteiger partial charge is 0.361 e. The Kier molecular flexibility index (Phi) is 4.54. The molecule has 1 heterocycles. The molecule has 1 aliphatic heterocycles. The normalized spacial score (nSPS) is 23.6. The van der Waals surface area contributed by atoms with Crippen molar-refractivity contribution in [2.75, 3.05) is 19.7 Å². The number of nitrogens with two attached hydrogens (primary N) is 1. The van der Waals surface area contributed by atoms with Gasteiger partial charge in [0, 0.05) is 19.1 Å². The lowest BCUT2D eigenvalue weighted by atomic mass is 9.94. The number of hydrogen-bond acceptors (Lipinski definition) is 4. The monoisotopic (exact) mass is 259 g/mol. The zero-order valence-electron chi connectivity index (χ0n) is 11.5. The Hall–Kier alpha value is -1.41. The van der Waals surface area contributed by atoms with Crippen molar-refractivity contribution < 1.29 is 4.74 Å². The molecular weight excluding hydrogens is 238 g/mol. The molecule has 2 N–H and O–H groups in total. The molecule has 0 aromatic heterocycles. The van der Waals surface area contributed by atoms with Gasteiger partial charge in [-0.1, -0.05) is 24.3 Å². The van der Waals surface area contributed by atoms with E-state index in [1.807, 2.05) is 19.1 Å². The highest BCUT2D eigenvalue weighted by Gasteiger charge is 2.30. The van der Waals surface area contributed by atoms with E-state index in [-0.39, 0.29) is 18.2 Å². The lowest BCUT2D eigenvalue weighted by Gasteiger charge is -2.39. The van der Waals surface area contributed by atoms with E-state index in [9.17, 15) is 0 Å². The SMILES string of the molecule is Cc1ccccc1C(C(C)N)N1CCOC(C#N)C1. The molecule has 1 aromatic carbocycles. The van der Waals surface area contributed by atoms with E-state index >= 15 is 0 Å². The molecule has 19 heavy (non-hydrogen) atoms. The van der Waals surface area contributed by atoms with E-state index in [2.05, 4.69) is 30.0 Å². The number of nitriles is 1. The van der Waals surface area contributed by atoms with E-state index < -0.39 is 0 Å². The standard InChI is InChI=1S/C15H21N3O/c1-11-5-3-4-6-14(11)15(12(2)17)18-7-8-19-13(9-16)10-18/h3-6,12-13,15H,7-8,10,17H2,1-2H3. The van der Waals surface area contributed by atoms with Gasteiger partial charge in [0.05, 0.1) is 18.7 Å². The van der Waals surface area contributed by atoms with Crippen LogP contribution in [0.1, 0.15) is 24.1 Å². The third-order valence-electron chi connectivity index (χ3n) is 3.64. The van der Waals surface area contributed by atoms with Gasteiger partial charge in [0.15, 0.2) is 6.10 Å². The fraction of sp³-hybridized carbons (Fsp3) is 0.533. The second-order valence-corrected chi connectivity index (χ2v) is 5.14. The van der Waals surface area contributed by atoms with Gasteiger partial charge in [-0.2, -0.15) is 5.26 Å². The van der Waals surface area contributed by atoms with E-state index in [0.29, 0.717) is 13.2 Å². The Balaban J connectivity index is 2.26. The molecule has 4 heteroatoms. The Bertz CT molecular complexity index is 467. The minimum absolute atomic E-state index is 0.0125. The molecule has 0 amide bonds. The minimum atomic E-state index is -0.348. The Morgan fingerprint density at radius 1 is 1.47 bits per heavy atom. The molecule has 2 rings (SSSR count). The molecule has 0 bridgehead atoms. The molecule has 0 radical (unpaired) electrons. The van der Waals surface area contributed by atoms with Crippen molar-refractivity contribution in [1.82, 2.24) is 4.90 Å². The smallest absolute Gasteiger partial charge is 0.156 e.